The molecule has 0 amide bonds. The maximum absolute atomic E-state index is 12.5. The summed E-state index contributed by atoms with van der Waals surface area (Å²) in [6.07, 6.45) is 3.30. The molecule has 0 aromatic carbocycles. The summed E-state index contributed by atoms with van der Waals surface area (Å²) in [5, 5.41) is 10.2. The smallest absolute Gasteiger partial charge is 0.280 e. The highest BCUT2D eigenvalue weighted by molar-refractivity contribution is 5.01. The molecule has 128 valence electrons. The van der Waals surface area contributed by atoms with Crippen LogP contribution in [0.15, 0.2) is 17.2 Å². The van der Waals surface area contributed by atoms with E-state index in [1.807, 2.05) is 0 Å². The molecule has 3 rings (SSSR count). The molecule has 5 nitrogen and oxygen atoms in total. The van der Waals surface area contributed by atoms with Crippen LogP contribution in [-0.2, 0) is 6.54 Å². The van der Waals surface area contributed by atoms with E-state index in [0.717, 1.165) is 57.8 Å². The molecule has 0 spiro atoms. The molecule has 23 heavy (non-hydrogen) atoms. The van der Waals surface area contributed by atoms with Gasteiger partial charge in [-0.05, 0) is 51.1 Å². The molecule has 1 aliphatic heterocycles. The maximum atomic E-state index is 12.5. The fourth-order valence-electron chi connectivity index (χ4n) is 3.46. The topological polar surface area (TPSA) is 58.4 Å². The van der Waals surface area contributed by atoms with Crippen molar-refractivity contribution in [1.29, 1.82) is 0 Å². The van der Waals surface area contributed by atoms with Crippen LogP contribution in [0.4, 0.5) is 8.78 Å². The van der Waals surface area contributed by atoms with E-state index in [4.69, 9.17) is 0 Å². The summed E-state index contributed by atoms with van der Waals surface area (Å²) in [5.41, 5.74) is -1.37. The molecule has 1 aliphatic carbocycles. The van der Waals surface area contributed by atoms with Crippen LogP contribution in [0.3, 0.4) is 0 Å². The van der Waals surface area contributed by atoms with Crippen LogP contribution in [0.1, 0.15) is 44.2 Å². The third-order valence-electron chi connectivity index (χ3n) is 5.09. The number of rotatable bonds is 5. The summed E-state index contributed by atoms with van der Waals surface area (Å²) >= 11 is 0. The molecule has 1 aromatic rings. The molecule has 2 aliphatic rings. The van der Waals surface area contributed by atoms with Gasteiger partial charge in [0.05, 0.1) is 11.9 Å². The van der Waals surface area contributed by atoms with Crippen molar-refractivity contribution in [3.05, 3.63) is 28.4 Å². The highest BCUT2D eigenvalue weighted by atomic mass is 19.3. The Labute approximate surface area is 133 Å². The molecule has 2 heterocycles. The van der Waals surface area contributed by atoms with Gasteiger partial charge < -0.3 is 10.0 Å². The molecule has 0 atom stereocenters. The van der Waals surface area contributed by atoms with Crippen LogP contribution in [-0.4, -0.2) is 44.8 Å². The number of nitrogens with zero attached hydrogens (tertiary/aromatic N) is 3. The van der Waals surface area contributed by atoms with Crippen LogP contribution in [0.2, 0.25) is 0 Å². The van der Waals surface area contributed by atoms with Crippen molar-refractivity contribution in [2.75, 3.05) is 19.6 Å². The predicted octanol–water partition coefficient (Wildman–Crippen LogP) is 1.81. The number of hydrogen-bond acceptors (Lipinski definition) is 4. The van der Waals surface area contributed by atoms with E-state index < -0.39 is 23.3 Å². The minimum Gasteiger partial charge on any atom is -0.389 e. The number of aromatic nitrogens is 2. The van der Waals surface area contributed by atoms with E-state index in [0.29, 0.717) is 12.5 Å². The zero-order chi connectivity index (χ0) is 16.4. The fraction of sp³-hybridized carbons (Fsp3) is 0.750. The van der Waals surface area contributed by atoms with E-state index in [1.165, 1.54) is 10.9 Å². The second-order valence-corrected chi connectivity index (χ2v) is 6.90. The summed E-state index contributed by atoms with van der Waals surface area (Å²) in [6.45, 7) is 3.08. The molecule has 1 saturated carbocycles. The quantitative estimate of drug-likeness (QED) is 0.896. The van der Waals surface area contributed by atoms with E-state index in [2.05, 4.69) is 9.88 Å². The number of alkyl halides is 2. The predicted molar refractivity (Wildman–Crippen MR) is 81.4 cm³/mol. The van der Waals surface area contributed by atoms with Gasteiger partial charge >= 0.3 is 0 Å². The van der Waals surface area contributed by atoms with Gasteiger partial charge in [-0.25, -0.2) is 13.8 Å². The number of piperidine rings is 1. The Hall–Kier alpha value is -1.34. The molecular weight excluding hydrogens is 304 g/mol. The summed E-state index contributed by atoms with van der Waals surface area (Å²) in [7, 11) is 0. The van der Waals surface area contributed by atoms with Gasteiger partial charge in [0.2, 0.25) is 0 Å². The van der Waals surface area contributed by atoms with Crippen LogP contribution in [0, 0.1) is 5.92 Å². The molecular formula is C16H23F2N3O2. The molecule has 0 unspecified atom stereocenters. The van der Waals surface area contributed by atoms with E-state index in [1.54, 1.807) is 0 Å². The van der Waals surface area contributed by atoms with Gasteiger partial charge in [-0.3, -0.25) is 9.36 Å². The summed E-state index contributed by atoms with van der Waals surface area (Å²) < 4.78 is 26.4. The minimum absolute atomic E-state index is 0.346. The largest absolute Gasteiger partial charge is 0.389 e. The number of β-amino-alcohol motifs (C(OH)–C–C–N with tert-alkyl or cyclic N) is 1. The Morgan fingerprint density at radius 3 is 2.57 bits per heavy atom. The van der Waals surface area contributed by atoms with Gasteiger partial charge in [0, 0.05) is 19.2 Å². The fourth-order valence-corrected chi connectivity index (χ4v) is 3.46. The molecule has 0 radical (unpaired) electrons. The number of aliphatic hydroxyl groups is 1. The zero-order valence-electron chi connectivity index (χ0n) is 13.1. The molecule has 2 fully saturated rings. The van der Waals surface area contributed by atoms with E-state index in [9.17, 15) is 18.7 Å². The van der Waals surface area contributed by atoms with Gasteiger partial charge in [-0.1, -0.05) is 0 Å². The van der Waals surface area contributed by atoms with Crippen molar-refractivity contribution in [2.24, 2.45) is 5.92 Å². The van der Waals surface area contributed by atoms with Crippen molar-refractivity contribution >= 4 is 0 Å². The maximum Gasteiger partial charge on any atom is 0.280 e. The Morgan fingerprint density at radius 2 is 2.04 bits per heavy atom. The SMILES string of the molecule is O=c1cc(C(F)F)ncn1CC1CCN(CC2(O)CCC2)CC1. The van der Waals surface area contributed by atoms with Gasteiger partial charge in [-0.2, -0.15) is 0 Å². The van der Waals surface area contributed by atoms with Gasteiger partial charge in [0.15, 0.2) is 0 Å². The lowest BCUT2D eigenvalue weighted by Crippen LogP contribution is -2.50. The third kappa shape index (κ3) is 3.95. The third-order valence-corrected chi connectivity index (χ3v) is 5.09. The minimum atomic E-state index is -2.71. The lowest BCUT2D eigenvalue weighted by atomic mass is 9.79. The van der Waals surface area contributed by atoms with Crippen molar-refractivity contribution in [1.82, 2.24) is 14.5 Å². The summed E-state index contributed by atoms with van der Waals surface area (Å²) in [6, 6.07) is 0.923. The van der Waals surface area contributed by atoms with E-state index >= 15 is 0 Å². The normalized spacial score (nSPS) is 22.3. The Bertz CT molecular complexity index is 593. The van der Waals surface area contributed by atoms with Crippen molar-refractivity contribution in [3.8, 4) is 0 Å². The van der Waals surface area contributed by atoms with Crippen LogP contribution in [0.5, 0.6) is 0 Å². The monoisotopic (exact) mass is 327 g/mol. The molecule has 7 heteroatoms. The highest BCUT2D eigenvalue weighted by Gasteiger charge is 2.36. The lowest BCUT2D eigenvalue weighted by Gasteiger charge is -2.42. The van der Waals surface area contributed by atoms with Gasteiger partial charge in [-0.15, -0.1) is 0 Å². The van der Waals surface area contributed by atoms with Crippen LogP contribution >= 0.6 is 0 Å². The average molecular weight is 327 g/mol. The Kier molecular flexibility index (Phi) is 4.77. The summed E-state index contributed by atoms with van der Waals surface area (Å²) in [4.78, 5) is 17.8. The average Bonchev–Trinajstić information content (AvgIpc) is 2.49. The number of likely N-dealkylation sites (tertiary alicyclic amines) is 1. The zero-order valence-corrected chi connectivity index (χ0v) is 13.1. The van der Waals surface area contributed by atoms with Gasteiger partial charge in [0.25, 0.3) is 12.0 Å². The lowest BCUT2D eigenvalue weighted by molar-refractivity contribution is -0.0639. The molecule has 1 aromatic heterocycles. The Balaban J connectivity index is 1.51. The second kappa shape index (κ2) is 6.65. The first-order valence-corrected chi connectivity index (χ1v) is 8.24. The summed E-state index contributed by atoms with van der Waals surface area (Å²) in [5.74, 6) is 0.346. The van der Waals surface area contributed by atoms with Gasteiger partial charge in [0.1, 0.15) is 5.69 Å². The van der Waals surface area contributed by atoms with E-state index in [-0.39, 0.29) is 0 Å². The van der Waals surface area contributed by atoms with Crippen molar-refractivity contribution in [3.63, 3.8) is 0 Å². The first-order valence-electron chi connectivity index (χ1n) is 8.24. The first kappa shape index (κ1) is 16.5. The highest BCUT2D eigenvalue weighted by Crippen LogP contribution is 2.33. The number of hydrogen-bond donors (Lipinski definition) is 1. The standard InChI is InChI=1S/C16H23F2N3O2/c17-15(18)13-8-14(22)21(11-19-13)9-12-2-6-20(7-3-12)10-16(23)4-1-5-16/h8,11-12,15,23H,1-7,9-10H2. The van der Waals surface area contributed by atoms with Crippen LogP contribution < -0.4 is 5.56 Å². The first-order chi connectivity index (χ1) is 11.0. The number of halogens is 2. The van der Waals surface area contributed by atoms with Crippen molar-refractivity contribution < 1.29 is 13.9 Å². The molecule has 1 N–H and O–H groups in total. The second-order valence-electron chi connectivity index (χ2n) is 6.90. The molecule has 1 saturated heterocycles. The Morgan fingerprint density at radius 1 is 1.35 bits per heavy atom. The van der Waals surface area contributed by atoms with Crippen LogP contribution in [0.25, 0.3) is 0 Å². The molecule has 0 bridgehead atoms. The van der Waals surface area contributed by atoms with Crippen molar-refractivity contribution in [2.45, 2.75) is 50.7 Å².